The van der Waals surface area contributed by atoms with Crippen LogP contribution in [0.2, 0.25) is 0 Å². The van der Waals surface area contributed by atoms with E-state index in [0.717, 1.165) is 11.5 Å². The highest BCUT2D eigenvalue weighted by atomic mass is 32.1. The summed E-state index contributed by atoms with van der Waals surface area (Å²) in [4.78, 5) is 28.1. The lowest BCUT2D eigenvalue weighted by Crippen LogP contribution is -2.49. The summed E-state index contributed by atoms with van der Waals surface area (Å²) in [5.41, 5.74) is 1.08. The number of nitrogens with one attached hydrogen (secondary N) is 1. The van der Waals surface area contributed by atoms with E-state index in [9.17, 15) is 9.59 Å². The van der Waals surface area contributed by atoms with Crippen LogP contribution in [0.3, 0.4) is 0 Å². The summed E-state index contributed by atoms with van der Waals surface area (Å²) in [6.45, 7) is 5.73. The molecule has 0 radical (unpaired) electrons. The van der Waals surface area contributed by atoms with Crippen molar-refractivity contribution in [3.05, 3.63) is 77.3 Å². The molecule has 0 aliphatic rings. The molecule has 1 N–H and O–H groups in total. The predicted molar refractivity (Wildman–Crippen MR) is 110 cm³/mol. The fraction of sp³-hybridized carbons (Fsp3) is 0.238. The molecule has 2 aromatic carbocycles. The van der Waals surface area contributed by atoms with Crippen molar-refractivity contribution in [3.8, 4) is 0 Å². The lowest BCUT2D eigenvalue weighted by molar-refractivity contribution is -0.123. The quantitative estimate of drug-likeness (QED) is 0.713. The molecule has 3 aromatic rings. The molecule has 0 fully saturated rings. The first-order chi connectivity index (χ1) is 13.4. The van der Waals surface area contributed by atoms with E-state index in [2.05, 4.69) is 14.9 Å². The third-order valence-electron chi connectivity index (χ3n) is 3.95. The number of hydrogen-bond acceptors (Lipinski definition) is 5. The molecule has 3 rings (SSSR count). The van der Waals surface area contributed by atoms with Crippen LogP contribution in [0.4, 0.5) is 5.69 Å². The normalized spacial score (nSPS) is 12.2. The number of anilines is 1. The highest BCUT2D eigenvalue weighted by molar-refractivity contribution is 7.03. The molecule has 2 amide bonds. The summed E-state index contributed by atoms with van der Waals surface area (Å²) in [5.74, 6) is -0.642. The van der Waals surface area contributed by atoms with Crippen molar-refractivity contribution in [1.29, 1.82) is 0 Å². The topological polar surface area (TPSA) is 75.2 Å². The van der Waals surface area contributed by atoms with Gasteiger partial charge in [0, 0.05) is 16.6 Å². The number of carbonyl (C=O) groups is 2. The average molecular weight is 395 g/mol. The van der Waals surface area contributed by atoms with E-state index in [-0.39, 0.29) is 17.5 Å². The minimum absolute atomic E-state index is 0.207. The maximum atomic E-state index is 13.3. The largest absolute Gasteiger partial charge is 0.349 e. The lowest BCUT2D eigenvalue weighted by Gasteiger charge is -2.33. The Morgan fingerprint density at radius 3 is 2.14 bits per heavy atom. The zero-order valence-electron chi connectivity index (χ0n) is 16.0. The van der Waals surface area contributed by atoms with Crippen molar-refractivity contribution in [3.63, 3.8) is 0 Å². The summed E-state index contributed by atoms with van der Waals surface area (Å²) in [6, 6.07) is 17.6. The van der Waals surface area contributed by atoms with Gasteiger partial charge in [0.25, 0.3) is 5.91 Å². The van der Waals surface area contributed by atoms with Crippen LogP contribution in [0.1, 0.15) is 42.9 Å². The zero-order chi connectivity index (χ0) is 20.1. The van der Waals surface area contributed by atoms with E-state index in [0.29, 0.717) is 11.3 Å². The Kier molecular flexibility index (Phi) is 5.84. The van der Waals surface area contributed by atoms with Gasteiger partial charge in [0.15, 0.2) is 5.69 Å². The SMILES string of the molecule is CC(C)(C)NC(=O)C(c1ccccc1)N(C(=O)c1csnn1)c1ccccc1. The second kappa shape index (κ2) is 8.31. The summed E-state index contributed by atoms with van der Waals surface area (Å²) in [5, 5.41) is 8.51. The molecule has 0 aliphatic carbocycles. The van der Waals surface area contributed by atoms with Gasteiger partial charge in [-0.3, -0.25) is 14.5 Å². The van der Waals surface area contributed by atoms with E-state index in [1.165, 1.54) is 4.90 Å². The van der Waals surface area contributed by atoms with Crippen molar-refractivity contribution < 1.29 is 9.59 Å². The molecule has 1 unspecified atom stereocenters. The third kappa shape index (κ3) is 4.61. The van der Waals surface area contributed by atoms with Crippen LogP contribution in [0.25, 0.3) is 0 Å². The van der Waals surface area contributed by atoms with Crippen molar-refractivity contribution in [2.75, 3.05) is 4.90 Å². The first-order valence-electron chi connectivity index (χ1n) is 8.89. The molecule has 1 heterocycles. The molecular formula is C21H22N4O2S. The van der Waals surface area contributed by atoms with E-state index in [4.69, 9.17) is 0 Å². The van der Waals surface area contributed by atoms with Gasteiger partial charge in [-0.05, 0) is 50.0 Å². The number of nitrogens with zero attached hydrogens (tertiary/aromatic N) is 3. The molecule has 0 spiro atoms. The monoisotopic (exact) mass is 394 g/mol. The predicted octanol–water partition coefficient (Wildman–Crippen LogP) is 3.84. The number of hydrogen-bond donors (Lipinski definition) is 1. The fourth-order valence-corrected chi connectivity index (χ4v) is 3.27. The smallest absolute Gasteiger partial charge is 0.280 e. The summed E-state index contributed by atoms with van der Waals surface area (Å²) >= 11 is 1.10. The van der Waals surface area contributed by atoms with Gasteiger partial charge in [-0.2, -0.15) is 0 Å². The van der Waals surface area contributed by atoms with Crippen LogP contribution in [-0.2, 0) is 4.79 Å². The van der Waals surface area contributed by atoms with Crippen molar-refractivity contribution in [2.45, 2.75) is 32.4 Å². The highest BCUT2D eigenvalue weighted by Crippen LogP contribution is 2.30. The van der Waals surface area contributed by atoms with Gasteiger partial charge in [0.1, 0.15) is 6.04 Å². The standard InChI is InChI=1S/C21H22N4O2S/c1-21(2,3)22-19(26)18(15-10-6-4-7-11-15)25(16-12-8-5-9-13-16)20(27)17-14-28-24-23-17/h4-14,18H,1-3H3,(H,22,26). The van der Waals surface area contributed by atoms with Gasteiger partial charge in [0.05, 0.1) is 0 Å². The van der Waals surface area contributed by atoms with Crippen molar-refractivity contribution in [2.24, 2.45) is 0 Å². The van der Waals surface area contributed by atoms with E-state index >= 15 is 0 Å². The average Bonchev–Trinajstić information content (AvgIpc) is 3.20. The Hall–Kier alpha value is -3.06. The van der Waals surface area contributed by atoms with Gasteiger partial charge >= 0.3 is 0 Å². The molecular weight excluding hydrogens is 372 g/mol. The summed E-state index contributed by atoms with van der Waals surface area (Å²) < 4.78 is 3.80. The van der Waals surface area contributed by atoms with Crippen LogP contribution in [0.5, 0.6) is 0 Å². The molecule has 0 saturated carbocycles. The molecule has 7 heteroatoms. The number of para-hydroxylation sites is 1. The number of carbonyl (C=O) groups excluding carboxylic acids is 2. The maximum absolute atomic E-state index is 13.3. The summed E-state index contributed by atoms with van der Waals surface area (Å²) in [7, 11) is 0. The third-order valence-corrected chi connectivity index (χ3v) is 4.46. The molecule has 0 bridgehead atoms. The van der Waals surface area contributed by atoms with Gasteiger partial charge in [-0.1, -0.05) is 53.0 Å². The number of aromatic nitrogens is 2. The van der Waals surface area contributed by atoms with Crippen molar-refractivity contribution in [1.82, 2.24) is 14.9 Å². The van der Waals surface area contributed by atoms with Gasteiger partial charge in [0.2, 0.25) is 5.91 Å². The number of rotatable bonds is 5. The molecule has 0 aliphatic heterocycles. The molecule has 144 valence electrons. The maximum Gasteiger partial charge on any atom is 0.280 e. The van der Waals surface area contributed by atoms with Crippen molar-refractivity contribution >= 4 is 29.0 Å². The molecule has 28 heavy (non-hydrogen) atoms. The Morgan fingerprint density at radius 1 is 1.00 bits per heavy atom. The minimum Gasteiger partial charge on any atom is -0.349 e. The van der Waals surface area contributed by atoms with Gasteiger partial charge in [-0.15, -0.1) is 5.10 Å². The molecule has 1 aromatic heterocycles. The molecule has 1 atom stereocenters. The zero-order valence-corrected chi connectivity index (χ0v) is 16.8. The van der Waals surface area contributed by atoms with Gasteiger partial charge in [-0.25, -0.2) is 0 Å². The minimum atomic E-state index is -0.850. The Labute approximate surface area is 168 Å². The molecule has 0 saturated heterocycles. The number of amides is 2. The van der Waals surface area contributed by atoms with Crippen LogP contribution in [0.15, 0.2) is 66.0 Å². The first-order valence-corrected chi connectivity index (χ1v) is 9.73. The van der Waals surface area contributed by atoms with Gasteiger partial charge < -0.3 is 5.32 Å². The summed E-state index contributed by atoms with van der Waals surface area (Å²) in [6.07, 6.45) is 0. The highest BCUT2D eigenvalue weighted by Gasteiger charge is 2.35. The fourth-order valence-electron chi connectivity index (χ4n) is 2.84. The van der Waals surface area contributed by atoms with E-state index in [1.54, 1.807) is 17.5 Å². The Bertz CT molecular complexity index is 922. The Balaban J connectivity index is 2.13. The Morgan fingerprint density at radius 2 is 1.61 bits per heavy atom. The van der Waals surface area contributed by atoms with Crippen LogP contribution >= 0.6 is 11.5 Å². The second-order valence-corrected chi connectivity index (χ2v) is 7.96. The lowest BCUT2D eigenvalue weighted by atomic mass is 10.0. The van der Waals surface area contributed by atoms with Crippen LogP contribution < -0.4 is 10.2 Å². The van der Waals surface area contributed by atoms with Crippen LogP contribution in [0, 0.1) is 0 Å². The first kappa shape index (κ1) is 19.7. The van der Waals surface area contributed by atoms with E-state index < -0.39 is 11.6 Å². The van der Waals surface area contributed by atoms with Crippen LogP contribution in [-0.4, -0.2) is 26.9 Å². The van der Waals surface area contributed by atoms with E-state index in [1.807, 2.05) is 69.3 Å². The second-order valence-electron chi connectivity index (χ2n) is 7.35. The number of benzene rings is 2. The molecule has 6 nitrogen and oxygen atoms in total.